The molecule has 8 heteroatoms. The lowest BCUT2D eigenvalue weighted by molar-refractivity contribution is 0.284. The second-order valence-electron chi connectivity index (χ2n) is 7.35. The van der Waals surface area contributed by atoms with Crippen molar-refractivity contribution in [2.24, 2.45) is 5.73 Å². The molecule has 1 unspecified atom stereocenters. The molecule has 172 valence electrons. The highest BCUT2D eigenvalue weighted by Crippen LogP contribution is 2.24. The molecule has 0 saturated carbocycles. The molecule has 0 aliphatic rings. The van der Waals surface area contributed by atoms with Gasteiger partial charge < -0.3 is 25.8 Å². The van der Waals surface area contributed by atoms with Gasteiger partial charge in [-0.25, -0.2) is 4.98 Å². The van der Waals surface area contributed by atoms with Crippen molar-refractivity contribution in [1.29, 1.82) is 0 Å². The minimum atomic E-state index is -0.0860. The highest BCUT2D eigenvalue weighted by molar-refractivity contribution is 9.10. The van der Waals surface area contributed by atoms with Gasteiger partial charge in [-0.05, 0) is 65.1 Å². The number of halogens is 1. The van der Waals surface area contributed by atoms with Crippen molar-refractivity contribution in [3.63, 3.8) is 0 Å². The average molecular weight is 510 g/mol. The number of terminal acetylenes is 1. The van der Waals surface area contributed by atoms with Crippen LogP contribution >= 0.6 is 15.9 Å². The van der Waals surface area contributed by atoms with Gasteiger partial charge in [0.15, 0.2) is 6.61 Å². The second-order valence-corrected chi connectivity index (χ2v) is 8.21. The molecule has 1 atom stereocenters. The molecule has 7 nitrogen and oxygen atoms in total. The number of aryl methyl sites for hydroxylation is 1. The van der Waals surface area contributed by atoms with E-state index in [1.54, 1.807) is 6.20 Å². The van der Waals surface area contributed by atoms with Crippen LogP contribution in [0, 0.1) is 12.3 Å². The summed E-state index contributed by atoms with van der Waals surface area (Å²) in [6, 6.07) is 17.9. The van der Waals surface area contributed by atoms with Gasteiger partial charge in [-0.15, -0.1) is 6.42 Å². The summed E-state index contributed by atoms with van der Waals surface area (Å²) in [6.45, 7) is 2.20. The number of nitrogens with two attached hydrogens (primary N) is 1. The number of nitrogens with one attached hydrogen (secondary N) is 2. The number of hydrogen-bond acceptors (Lipinski definition) is 7. The monoisotopic (exact) mass is 509 g/mol. The molecule has 0 saturated heterocycles. The van der Waals surface area contributed by atoms with Gasteiger partial charge in [0, 0.05) is 12.2 Å². The fourth-order valence-electron chi connectivity index (χ4n) is 3.00. The molecule has 4 N–H and O–H groups in total. The zero-order valence-corrected chi connectivity index (χ0v) is 19.9. The van der Waals surface area contributed by atoms with Crippen molar-refractivity contribution >= 4 is 27.6 Å². The predicted octanol–water partition coefficient (Wildman–Crippen LogP) is 3.92. The van der Waals surface area contributed by atoms with E-state index in [4.69, 9.17) is 21.6 Å². The average Bonchev–Trinajstić information content (AvgIpc) is 2.84. The van der Waals surface area contributed by atoms with Crippen molar-refractivity contribution in [2.45, 2.75) is 18.9 Å². The summed E-state index contributed by atoms with van der Waals surface area (Å²) < 4.78 is 11.8. The normalized spacial score (nSPS) is 11.4. The molecule has 3 aromatic rings. The van der Waals surface area contributed by atoms with E-state index in [1.807, 2.05) is 30.3 Å². The maximum Gasteiger partial charge on any atom is 0.233 e. The number of hydrogen-bond donors (Lipinski definition) is 3. The Labute approximate surface area is 203 Å². The molecule has 3 rings (SSSR count). The summed E-state index contributed by atoms with van der Waals surface area (Å²) in [4.78, 5) is 8.53. The first-order chi connectivity index (χ1) is 16.1. The van der Waals surface area contributed by atoms with Crippen LogP contribution in [0.5, 0.6) is 11.6 Å². The zero-order valence-electron chi connectivity index (χ0n) is 18.3. The lowest BCUT2D eigenvalue weighted by atomic mass is 10.1. The van der Waals surface area contributed by atoms with E-state index in [9.17, 15) is 0 Å². The third-order valence-electron chi connectivity index (χ3n) is 4.65. The number of rotatable bonds is 13. The molecule has 0 bridgehead atoms. The quantitative estimate of drug-likeness (QED) is 0.237. The van der Waals surface area contributed by atoms with Crippen molar-refractivity contribution in [2.75, 3.05) is 31.6 Å². The fourth-order valence-corrected chi connectivity index (χ4v) is 3.30. The maximum atomic E-state index is 6.16. The Bertz CT molecular complexity index is 1030. The molecular formula is C25H28BrN5O2. The molecule has 0 aliphatic heterocycles. The Kier molecular flexibility index (Phi) is 9.98. The largest absolute Gasteiger partial charge is 0.492 e. The molecule has 0 fully saturated rings. The van der Waals surface area contributed by atoms with Gasteiger partial charge in [0.1, 0.15) is 12.4 Å². The van der Waals surface area contributed by atoms with E-state index in [0.717, 1.165) is 30.8 Å². The van der Waals surface area contributed by atoms with Gasteiger partial charge in [0.05, 0.1) is 16.7 Å². The molecule has 2 aromatic carbocycles. The summed E-state index contributed by atoms with van der Waals surface area (Å²) in [7, 11) is 0. The topological polar surface area (TPSA) is 94.3 Å². The minimum Gasteiger partial charge on any atom is -0.492 e. The fraction of sp³-hybridized carbons (Fsp3) is 0.280. The van der Waals surface area contributed by atoms with Crippen LogP contribution < -0.4 is 25.8 Å². The first-order valence-electron chi connectivity index (χ1n) is 10.7. The van der Waals surface area contributed by atoms with Crippen LogP contribution in [0.15, 0.2) is 65.3 Å². The van der Waals surface area contributed by atoms with Crippen LogP contribution in [0.2, 0.25) is 0 Å². The lowest BCUT2D eigenvalue weighted by Crippen LogP contribution is -2.38. The van der Waals surface area contributed by atoms with Gasteiger partial charge >= 0.3 is 0 Å². The molecule has 1 heterocycles. The van der Waals surface area contributed by atoms with Crippen molar-refractivity contribution in [3.8, 4) is 24.0 Å². The lowest BCUT2D eigenvalue weighted by Gasteiger charge is -2.14. The van der Waals surface area contributed by atoms with Crippen LogP contribution in [0.25, 0.3) is 0 Å². The Morgan fingerprint density at radius 1 is 1.09 bits per heavy atom. The molecule has 0 radical (unpaired) electrons. The Morgan fingerprint density at radius 2 is 1.88 bits per heavy atom. The number of anilines is 2. The molecule has 0 aliphatic carbocycles. The van der Waals surface area contributed by atoms with Crippen molar-refractivity contribution in [3.05, 3.63) is 70.8 Å². The van der Waals surface area contributed by atoms with E-state index >= 15 is 0 Å². The van der Waals surface area contributed by atoms with Crippen molar-refractivity contribution < 1.29 is 9.47 Å². The maximum absolute atomic E-state index is 6.16. The van der Waals surface area contributed by atoms with Crippen LogP contribution in [-0.4, -0.2) is 42.3 Å². The molecule has 1 aromatic heterocycles. The Morgan fingerprint density at radius 3 is 2.64 bits per heavy atom. The van der Waals surface area contributed by atoms with Crippen LogP contribution in [0.3, 0.4) is 0 Å². The summed E-state index contributed by atoms with van der Waals surface area (Å²) in [6.07, 6.45) is 8.97. The van der Waals surface area contributed by atoms with Gasteiger partial charge in [-0.3, -0.25) is 0 Å². The number of benzene rings is 2. The molecule has 0 amide bonds. The number of ether oxygens (including phenoxy) is 2. The summed E-state index contributed by atoms with van der Waals surface area (Å²) in [5.74, 6) is 3.94. The van der Waals surface area contributed by atoms with E-state index in [-0.39, 0.29) is 12.6 Å². The minimum absolute atomic E-state index is 0.0860. The van der Waals surface area contributed by atoms with Gasteiger partial charge in [-0.1, -0.05) is 36.3 Å². The predicted molar refractivity (Wildman–Crippen MR) is 135 cm³/mol. The molecule has 33 heavy (non-hydrogen) atoms. The number of aromatic nitrogens is 2. The van der Waals surface area contributed by atoms with E-state index in [0.29, 0.717) is 29.5 Å². The van der Waals surface area contributed by atoms with E-state index in [1.165, 1.54) is 5.56 Å². The smallest absolute Gasteiger partial charge is 0.233 e. The Balaban J connectivity index is 1.36. The first-order valence-corrected chi connectivity index (χ1v) is 11.5. The SMILES string of the molecule is C#CCOc1nc(Nc2ccc(OCC(N)CNCCCc3ccccc3)cc2)ncc1Br. The zero-order chi connectivity index (χ0) is 23.3. The summed E-state index contributed by atoms with van der Waals surface area (Å²) in [5, 5.41) is 6.52. The molecular weight excluding hydrogens is 482 g/mol. The standard InChI is InChI=1S/C25H28BrN5O2/c1-2-15-32-24-23(26)17-29-25(31-24)30-21-10-12-22(13-11-21)33-18-20(27)16-28-14-6-9-19-7-4-3-5-8-19/h1,3-5,7-8,10-13,17,20,28H,6,9,14-16,18,27H2,(H,29,30,31). The van der Waals surface area contributed by atoms with Crippen molar-refractivity contribution in [1.82, 2.24) is 15.3 Å². The van der Waals surface area contributed by atoms with E-state index in [2.05, 4.69) is 66.7 Å². The Hall–Kier alpha value is -3.12. The molecule has 0 spiro atoms. The third kappa shape index (κ3) is 8.73. The van der Waals surface area contributed by atoms with Gasteiger partial charge in [0.25, 0.3) is 0 Å². The van der Waals surface area contributed by atoms with Crippen LogP contribution in [-0.2, 0) is 6.42 Å². The number of nitrogens with zero attached hydrogens (tertiary/aromatic N) is 2. The van der Waals surface area contributed by atoms with Gasteiger partial charge in [0.2, 0.25) is 11.8 Å². The highest BCUT2D eigenvalue weighted by Gasteiger charge is 2.07. The summed E-state index contributed by atoms with van der Waals surface area (Å²) >= 11 is 3.34. The highest BCUT2D eigenvalue weighted by atomic mass is 79.9. The third-order valence-corrected chi connectivity index (χ3v) is 5.19. The van der Waals surface area contributed by atoms with Crippen LogP contribution in [0.4, 0.5) is 11.6 Å². The summed E-state index contributed by atoms with van der Waals surface area (Å²) in [5.41, 5.74) is 8.34. The van der Waals surface area contributed by atoms with Gasteiger partial charge in [-0.2, -0.15) is 4.98 Å². The van der Waals surface area contributed by atoms with Crippen LogP contribution in [0.1, 0.15) is 12.0 Å². The first kappa shape index (κ1) is 24.5. The van der Waals surface area contributed by atoms with E-state index < -0.39 is 0 Å². The second kappa shape index (κ2) is 13.4.